The van der Waals surface area contributed by atoms with Crippen LogP contribution in [0.1, 0.15) is 44.2 Å². The minimum atomic E-state index is -4.29. The molecule has 0 fully saturated rings. The fraction of sp³-hybridized carbons (Fsp3) is 0.600. The number of hydrogen-bond donors (Lipinski definition) is 2. The van der Waals surface area contributed by atoms with Gasteiger partial charge >= 0.3 is 6.18 Å². The number of hydrazine groups is 1. The lowest BCUT2D eigenvalue weighted by molar-refractivity contribution is -0.137. The minimum Gasteiger partial charge on any atom is -0.271 e. The van der Waals surface area contributed by atoms with Crippen LogP contribution < -0.4 is 11.3 Å². The van der Waals surface area contributed by atoms with E-state index in [9.17, 15) is 13.2 Å². The smallest absolute Gasteiger partial charge is 0.271 e. The molecule has 20 heavy (non-hydrogen) atoms. The molecule has 0 aliphatic heterocycles. The maximum atomic E-state index is 12.7. The van der Waals surface area contributed by atoms with E-state index >= 15 is 0 Å². The lowest BCUT2D eigenvalue weighted by Crippen LogP contribution is -2.38. The Hall–Kier alpha value is -1.07. The van der Waals surface area contributed by atoms with E-state index < -0.39 is 11.7 Å². The van der Waals surface area contributed by atoms with E-state index in [-0.39, 0.29) is 6.04 Å². The third kappa shape index (κ3) is 5.13. The molecule has 1 aromatic rings. The van der Waals surface area contributed by atoms with Gasteiger partial charge in [-0.15, -0.1) is 0 Å². The van der Waals surface area contributed by atoms with Crippen molar-refractivity contribution in [3.8, 4) is 0 Å². The van der Waals surface area contributed by atoms with Gasteiger partial charge in [-0.2, -0.15) is 13.2 Å². The second-order valence-electron chi connectivity index (χ2n) is 5.18. The van der Waals surface area contributed by atoms with Crippen molar-refractivity contribution in [2.45, 2.75) is 51.7 Å². The molecule has 0 heterocycles. The van der Waals surface area contributed by atoms with Crippen molar-refractivity contribution in [2.75, 3.05) is 0 Å². The summed E-state index contributed by atoms with van der Waals surface area (Å²) in [5.41, 5.74) is 2.78. The van der Waals surface area contributed by atoms with Gasteiger partial charge < -0.3 is 0 Å². The SMILES string of the molecule is CCC(CC)CC(Cc1cccc(C(F)(F)F)c1)NN. The van der Waals surface area contributed by atoms with E-state index in [1.165, 1.54) is 12.1 Å². The zero-order valence-electron chi connectivity index (χ0n) is 12.0. The summed E-state index contributed by atoms with van der Waals surface area (Å²) in [5, 5.41) is 0. The van der Waals surface area contributed by atoms with E-state index in [4.69, 9.17) is 5.84 Å². The van der Waals surface area contributed by atoms with Crippen LogP contribution in [0.5, 0.6) is 0 Å². The van der Waals surface area contributed by atoms with E-state index in [2.05, 4.69) is 19.3 Å². The Balaban J connectivity index is 2.75. The number of nitrogens with two attached hydrogens (primary N) is 1. The summed E-state index contributed by atoms with van der Waals surface area (Å²) < 4.78 is 38.0. The first-order valence-electron chi connectivity index (χ1n) is 7.02. The molecule has 0 radical (unpaired) electrons. The Kier molecular flexibility index (Phi) is 6.49. The molecule has 0 spiro atoms. The van der Waals surface area contributed by atoms with Crippen molar-refractivity contribution < 1.29 is 13.2 Å². The van der Waals surface area contributed by atoms with E-state index in [0.29, 0.717) is 17.9 Å². The van der Waals surface area contributed by atoms with Crippen molar-refractivity contribution >= 4 is 0 Å². The summed E-state index contributed by atoms with van der Waals surface area (Å²) in [5.74, 6) is 6.07. The van der Waals surface area contributed by atoms with Gasteiger partial charge in [-0.3, -0.25) is 11.3 Å². The molecular weight excluding hydrogens is 265 g/mol. The zero-order chi connectivity index (χ0) is 15.2. The standard InChI is InChI=1S/C15H23F3N2/c1-3-11(4-2)9-14(20-19)10-12-6-5-7-13(8-12)15(16,17)18/h5-8,11,14,20H,3-4,9-10,19H2,1-2H3. The molecule has 2 nitrogen and oxygen atoms in total. The predicted octanol–water partition coefficient (Wildman–Crippen LogP) is 3.91. The first-order valence-corrected chi connectivity index (χ1v) is 7.02. The van der Waals surface area contributed by atoms with Crippen LogP contribution in [0.25, 0.3) is 0 Å². The zero-order valence-corrected chi connectivity index (χ0v) is 12.0. The fourth-order valence-electron chi connectivity index (χ4n) is 2.39. The molecule has 5 heteroatoms. The second-order valence-corrected chi connectivity index (χ2v) is 5.18. The average Bonchev–Trinajstić information content (AvgIpc) is 2.42. The van der Waals surface area contributed by atoms with Crippen LogP contribution in [0.4, 0.5) is 13.2 Å². The number of nitrogens with one attached hydrogen (secondary N) is 1. The van der Waals surface area contributed by atoms with Gasteiger partial charge in [-0.1, -0.05) is 44.9 Å². The Morgan fingerprint density at radius 3 is 2.35 bits per heavy atom. The topological polar surface area (TPSA) is 38.0 Å². The van der Waals surface area contributed by atoms with Gasteiger partial charge in [0.05, 0.1) is 5.56 Å². The highest BCUT2D eigenvalue weighted by atomic mass is 19.4. The molecule has 1 aromatic carbocycles. The molecule has 0 saturated heterocycles. The molecule has 1 unspecified atom stereocenters. The first-order chi connectivity index (χ1) is 9.40. The third-order valence-electron chi connectivity index (χ3n) is 3.74. The molecule has 0 amide bonds. The van der Waals surface area contributed by atoms with Crippen LogP contribution in [-0.2, 0) is 12.6 Å². The van der Waals surface area contributed by atoms with Gasteiger partial charge in [0, 0.05) is 6.04 Å². The highest BCUT2D eigenvalue weighted by Gasteiger charge is 2.30. The van der Waals surface area contributed by atoms with Gasteiger partial charge in [-0.05, 0) is 30.4 Å². The van der Waals surface area contributed by atoms with Crippen LogP contribution in [0.15, 0.2) is 24.3 Å². The Bertz CT molecular complexity index is 400. The summed E-state index contributed by atoms with van der Waals surface area (Å²) in [7, 11) is 0. The van der Waals surface area contributed by atoms with Crippen molar-refractivity contribution in [1.29, 1.82) is 0 Å². The molecule has 1 atom stereocenters. The van der Waals surface area contributed by atoms with Crippen LogP contribution in [0.2, 0.25) is 0 Å². The normalized spacial score (nSPS) is 13.8. The van der Waals surface area contributed by atoms with Gasteiger partial charge in [0.1, 0.15) is 0 Å². The number of halogens is 3. The molecular formula is C15H23F3N2. The second kappa shape index (κ2) is 7.64. The first kappa shape index (κ1) is 17.0. The molecule has 0 aromatic heterocycles. The van der Waals surface area contributed by atoms with Crippen LogP contribution in [0, 0.1) is 5.92 Å². The van der Waals surface area contributed by atoms with Gasteiger partial charge in [-0.25, -0.2) is 0 Å². The Morgan fingerprint density at radius 2 is 1.85 bits per heavy atom. The number of hydrogen-bond acceptors (Lipinski definition) is 2. The highest BCUT2D eigenvalue weighted by Crippen LogP contribution is 2.30. The van der Waals surface area contributed by atoms with Crippen LogP contribution in [-0.4, -0.2) is 6.04 Å². The van der Waals surface area contributed by atoms with E-state index in [1.807, 2.05) is 0 Å². The quantitative estimate of drug-likeness (QED) is 0.590. The number of benzene rings is 1. The largest absolute Gasteiger partial charge is 0.416 e. The molecule has 0 aliphatic carbocycles. The van der Waals surface area contributed by atoms with Gasteiger partial charge in [0.2, 0.25) is 0 Å². The van der Waals surface area contributed by atoms with Gasteiger partial charge in [0.15, 0.2) is 0 Å². The molecule has 1 rings (SSSR count). The minimum absolute atomic E-state index is 0.00313. The Labute approximate surface area is 118 Å². The maximum Gasteiger partial charge on any atom is 0.416 e. The molecule has 114 valence electrons. The molecule has 3 N–H and O–H groups in total. The van der Waals surface area contributed by atoms with Gasteiger partial charge in [0.25, 0.3) is 0 Å². The van der Waals surface area contributed by atoms with Crippen LogP contribution in [0.3, 0.4) is 0 Å². The summed E-state index contributed by atoms with van der Waals surface area (Å²) in [6, 6.07) is 5.46. The summed E-state index contributed by atoms with van der Waals surface area (Å²) in [6.07, 6.45) is -0.803. The average molecular weight is 288 g/mol. The molecule has 0 bridgehead atoms. The highest BCUT2D eigenvalue weighted by molar-refractivity contribution is 5.26. The summed E-state index contributed by atoms with van der Waals surface area (Å²) >= 11 is 0. The number of alkyl halides is 3. The van der Waals surface area contributed by atoms with E-state index in [0.717, 1.165) is 25.3 Å². The molecule has 0 aliphatic rings. The van der Waals surface area contributed by atoms with Crippen LogP contribution >= 0.6 is 0 Å². The van der Waals surface area contributed by atoms with Crippen molar-refractivity contribution in [1.82, 2.24) is 5.43 Å². The van der Waals surface area contributed by atoms with Crippen molar-refractivity contribution in [3.63, 3.8) is 0 Å². The maximum absolute atomic E-state index is 12.7. The monoisotopic (exact) mass is 288 g/mol. The van der Waals surface area contributed by atoms with E-state index in [1.54, 1.807) is 6.07 Å². The number of rotatable bonds is 7. The lowest BCUT2D eigenvalue weighted by atomic mass is 9.91. The Morgan fingerprint density at radius 1 is 1.20 bits per heavy atom. The van der Waals surface area contributed by atoms with Crippen molar-refractivity contribution in [2.24, 2.45) is 11.8 Å². The summed E-state index contributed by atoms with van der Waals surface area (Å²) in [6.45, 7) is 4.23. The molecule has 0 saturated carbocycles. The lowest BCUT2D eigenvalue weighted by Gasteiger charge is -2.21. The predicted molar refractivity (Wildman–Crippen MR) is 74.9 cm³/mol. The fourth-order valence-corrected chi connectivity index (χ4v) is 2.39. The summed E-state index contributed by atoms with van der Waals surface area (Å²) in [4.78, 5) is 0. The van der Waals surface area contributed by atoms with Crippen molar-refractivity contribution in [3.05, 3.63) is 35.4 Å². The third-order valence-corrected chi connectivity index (χ3v) is 3.74.